The van der Waals surface area contributed by atoms with Crippen molar-refractivity contribution < 1.29 is 9.50 Å². The van der Waals surface area contributed by atoms with Crippen LogP contribution in [0.25, 0.3) is 6.08 Å². The van der Waals surface area contributed by atoms with E-state index in [1.165, 1.54) is 51.0 Å². The molecule has 28 heavy (non-hydrogen) atoms. The number of aliphatic hydroxyl groups is 1. The highest BCUT2D eigenvalue weighted by Crippen LogP contribution is 2.67. The number of hydrogen-bond acceptors (Lipinski definition) is 1. The zero-order valence-electron chi connectivity index (χ0n) is 17.5. The summed E-state index contributed by atoms with van der Waals surface area (Å²) < 4.78 is 14.2. The van der Waals surface area contributed by atoms with E-state index in [0.29, 0.717) is 16.9 Å². The zero-order chi connectivity index (χ0) is 19.5. The number of benzene rings is 1. The molecule has 1 nitrogen and oxygen atoms in total. The number of fused-ring (bicyclic) bond motifs is 5. The second-order valence-corrected chi connectivity index (χ2v) is 10.8. The molecule has 1 aromatic carbocycles. The van der Waals surface area contributed by atoms with E-state index in [4.69, 9.17) is 0 Å². The Morgan fingerprint density at radius 1 is 0.964 bits per heavy atom. The summed E-state index contributed by atoms with van der Waals surface area (Å²) in [5, 5.41) is 11.3. The predicted molar refractivity (Wildman–Crippen MR) is 112 cm³/mol. The summed E-state index contributed by atoms with van der Waals surface area (Å²) in [6, 6.07) is 6.96. The van der Waals surface area contributed by atoms with Gasteiger partial charge in [-0.15, -0.1) is 0 Å². The second kappa shape index (κ2) is 6.69. The second-order valence-electron chi connectivity index (χ2n) is 10.8. The van der Waals surface area contributed by atoms with Crippen LogP contribution in [0.1, 0.15) is 77.2 Å². The molecule has 0 bridgehead atoms. The molecule has 4 aliphatic rings. The molecule has 5 rings (SSSR count). The largest absolute Gasteiger partial charge is 0.388 e. The average molecular weight is 383 g/mol. The minimum Gasteiger partial charge on any atom is -0.388 e. The van der Waals surface area contributed by atoms with Gasteiger partial charge >= 0.3 is 0 Å². The Labute approximate surface area is 169 Å². The highest BCUT2D eigenvalue weighted by Gasteiger charge is 2.60. The number of hydrogen-bond donors (Lipinski definition) is 1. The molecule has 152 valence electrons. The van der Waals surface area contributed by atoms with Gasteiger partial charge < -0.3 is 5.11 Å². The smallest absolute Gasteiger partial charge is 0.130 e. The predicted octanol–water partition coefficient (Wildman–Crippen LogP) is 6.61. The molecule has 7 unspecified atom stereocenters. The third-order valence-electron chi connectivity index (χ3n) is 9.70. The standard InChI is InChI=1S/C26H35FO/c1-25-13-6-5-8-19(25)10-11-20-21(25)12-14-26(2)22(20)16-18(24(26)28)15-17-7-3-4-9-23(17)27/h3-4,7,9,15,19-22,24,28H,5-6,8,10-14,16H2,1-2H3/b18-15+. The fourth-order valence-corrected chi connectivity index (χ4v) is 8.09. The lowest BCUT2D eigenvalue weighted by atomic mass is 9.45. The van der Waals surface area contributed by atoms with Crippen molar-refractivity contribution in [2.75, 3.05) is 0 Å². The van der Waals surface area contributed by atoms with Crippen molar-refractivity contribution in [3.05, 3.63) is 41.2 Å². The molecule has 4 fully saturated rings. The lowest BCUT2D eigenvalue weighted by Gasteiger charge is -2.60. The lowest BCUT2D eigenvalue weighted by Crippen LogP contribution is -2.53. The van der Waals surface area contributed by atoms with Crippen molar-refractivity contribution in [1.82, 2.24) is 0 Å². The fraction of sp³-hybridized carbons (Fsp3) is 0.692. The molecule has 1 aromatic rings. The van der Waals surface area contributed by atoms with E-state index in [1.807, 2.05) is 18.2 Å². The van der Waals surface area contributed by atoms with E-state index in [9.17, 15) is 9.50 Å². The van der Waals surface area contributed by atoms with Crippen molar-refractivity contribution in [1.29, 1.82) is 0 Å². The van der Waals surface area contributed by atoms with E-state index < -0.39 is 6.10 Å². The van der Waals surface area contributed by atoms with Gasteiger partial charge in [-0.3, -0.25) is 0 Å². The Bertz CT molecular complexity index is 784. The van der Waals surface area contributed by atoms with Gasteiger partial charge in [-0.2, -0.15) is 0 Å². The maximum Gasteiger partial charge on any atom is 0.130 e. The summed E-state index contributed by atoms with van der Waals surface area (Å²) in [6.45, 7) is 4.91. The van der Waals surface area contributed by atoms with E-state index in [-0.39, 0.29) is 11.2 Å². The first-order valence-electron chi connectivity index (χ1n) is 11.6. The Balaban J connectivity index is 1.47. The topological polar surface area (TPSA) is 20.2 Å². The van der Waals surface area contributed by atoms with Crippen LogP contribution >= 0.6 is 0 Å². The van der Waals surface area contributed by atoms with Crippen LogP contribution in [-0.2, 0) is 0 Å². The van der Waals surface area contributed by atoms with Gasteiger partial charge in [-0.05, 0) is 85.7 Å². The van der Waals surface area contributed by atoms with Crippen molar-refractivity contribution in [2.24, 2.45) is 34.5 Å². The maximum absolute atomic E-state index is 14.2. The molecule has 0 heterocycles. The molecule has 4 saturated carbocycles. The van der Waals surface area contributed by atoms with Gasteiger partial charge in [-0.1, -0.05) is 51.0 Å². The summed E-state index contributed by atoms with van der Waals surface area (Å²) in [4.78, 5) is 0. The summed E-state index contributed by atoms with van der Waals surface area (Å²) >= 11 is 0. The van der Waals surface area contributed by atoms with Gasteiger partial charge in [0.25, 0.3) is 0 Å². The molecule has 2 heteroatoms. The summed E-state index contributed by atoms with van der Waals surface area (Å²) in [5.74, 6) is 2.85. The van der Waals surface area contributed by atoms with Crippen LogP contribution in [0.3, 0.4) is 0 Å². The third-order valence-corrected chi connectivity index (χ3v) is 9.70. The van der Waals surface area contributed by atoms with Gasteiger partial charge in [0, 0.05) is 11.0 Å². The van der Waals surface area contributed by atoms with Crippen LogP contribution in [0.4, 0.5) is 4.39 Å². The summed E-state index contributed by atoms with van der Waals surface area (Å²) in [5.41, 5.74) is 2.18. The molecular weight excluding hydrogens is 347 g/mol. The Morgan fingerprint density at radius 2 is 1.79 bits per heavy atom. The van der Waals surface area contributed by atoms with Gasteiger partial charge in [0.2, 0.25) is 0 Å². The normalized spacial score (nSPS) is 46.7. The van der Waals surface area contributed by atoms with Crippen LogP contribution in [0.5, 0.6) is 0 Å². The highest BCUT2D eigenvalue weighted by atomic mass is 19.1. The van der Waals surface area contributed by atoms with Crippen LogP contribution in [0, 0.1) is 40.3 Å². The molecule has 0 aromatic heterocycles. The first-order chi connectivity index (χ1) is 13.4. The van der Waals surface area contributed by atoms with Gasteiger partial charge in [0.15, 0.2) is 0 Å². The van der Waals surface area contributed by atoms with Gasteiger partial charge in [0.05, 0.1) is 6.10 Å². The summed E-state index contributed by atoms with van der Waals surface area (Å²) in [7, 11) is 0. The minimum absolute atomic E-state index is 0.0316. The molecule has 0 aliphatic heterocycles. The minimum atomic E-state index is -0.421. The molecule has 4 aliphatic carbocycles. The van der Waals surface area contributed by atoms with Crippen LogP contribution in [-0.4, -0.2) is 11.2 Å². The van der Waals surface area contributed by atoms with Crippen molar-refractivity contribution in [2.45, 2.75) is 77.7 Å². The number of halogens is 1. The zero-order valence-corrected chi connectivity index (χ0v) is 17.5. The van der Waals surface area contributed by atoms with Crippen molar-refractivity contribution in [3.63, 3.8) is 0 Å². The molecule has 0 saturated heterocycles. The van der Waals surface area contributed by atoms with Gasteiger partial charge in [-0.25, -0.2) is 4.39 Å². The van der Waals surface area contributed by atoms with Crippen molar-refractivity contribution >= 4 is 6.08 Å². The Hall–Kier alpha value is -1.15. The maximum atomic E-state index is 14.2. The Morgan fingerprint density at radius 3 is 2.61 bits per heavy atom. The van der Waals surface area contributed by atoms with Crippen LogP contribution < -0.4 is 0 Å². The van der Waals surface area contributed by atoms with Crippen molar-refractivity contribution in [3.8, 4) is 0 Å². The fourth-order valence-electron chi connectivity index (χ4n) is 8.09. The monoisotopic (exact) mass is 382 g/mol. The first kappa shape index (κ1) is 18.9. The molecule has 7 atom stereocenters. The Kier molecular flexibility index (Phi) is 4.50. The molecular formula is C26H35FO. The van der Waals surface area contributed by atoms with Gasteiger partial charge in [0.1, 0.15) is 5.82 Å². The van der Waals surface area contributed by atoms with Crippen LogP contribution in [0.15, 0.2) is 29.8 Å². The molecule has 0 spiro atoms. The average Bonchev–Trinajstić information content (AvgIpc) is 2.94. The molecule has 0 amide bonds. The quantitative estimate of drug-likeness (QED) is 0.579. The first-order valence-corrected chi connectivity index (χ1v) is 11.6. The summed E-state index contributed by atoms with van der Waals surface area (Å²) in [6.07, 6.45) is 13.3. The molecule has 0 radical (unpaired) electrons. The highest BCUT2D eigenvalue weighted by molar-refractivity contribution is 5.56. The lowest BCUT2D eigenvalue weighted by molar-refractivity contribution is -0.119. The van der Waals surface area contributed by atoms with E-state index in [0.717, 1.165) is 36.2 Å². The van der Waals surface area contributed by atoms with Crippen LogP contribution in [0.2, 0.25) is 0 Å². The number of rotatable bonds is 1. The van der Waals surface area contributed by atoms with E-state index in [2.05, 4.69) is 13.8 Å². The molecule has 1 N–H and O–H groups in total. The van der Waals surface area contributed by atoms with E-state index >= 15 is 0 Å². The number of aliphatic hydroxyl groups excluding tert-OH is 1. The third kappa shape index (κ3) is 2.66. The van der Waals surface area contributed by atoms with E-state index in [1.54, 1.807) is 6.07 Å². The SMILES string of the molecule is CC12CCCCC1CCC1C2CCC2(C)C(O)/C(=C/c3ccccc3F)CC12.